The van der Waals surface area contributed by atoms with Crippen LogP contribution in [0.2, 0.25) is 0 Å². The van der Waals surface area contributed by atoms with E-state index >= 15 is 0 Å². The van der Waals surface area contributed by atoms with Crippen molar-refractivity contribution >= 4 is 34.8 Å². The molecule has 1 aromatic carbocycles. The second-order valence-electron chi connectivity index (χ2n) is 2.27. The molecule has 13 heavy (non-hydrogen) atoms. The first-order valence-corrected chi connectivity index (χ1v) is 4.71. The van der Waals surface area contributed by atoms with Gasteiger partial charge in [-0.15, -0.1) is 0 Å². The first-order valence-electron chi connectivity index (χ1n) is 3.57. The predicted molar refractivity (Wildman–Crippen MR) is 56.5 cm³/mol. The van der Waals surface area contributed by atoms with E-state index in [0.29, 0.717) is 5.03 Å². The maximum absolute atomic E-state index is 5.66. The molecule has 0 bridgehead atoms. The summed E-state index contributed by atoms with van der Waals surface area (Å²) in [4.78, 5) is 0. The van der Waals surface area contributed by atoms with Gasteiger partial charge in [-0.2, -0.15) is 0 Å². The SMILES string of the molecule is ClC(Cl)=C(Cl)COc1ccccc1. The van der Waals surface area contributed by atoms with Crippen molar-refractivity contribution in [3.63, 3.8) is 0 Å². The fraction of sp³-hybridized carbons (Fsp3) is 0.111. The zero-order valence-electron chi connectivity index (χ0n) is 6.64. The number of rotatable bonds is 3. The smallest absolute Gasteiger partial charge is 0.126 e. The summed E-state index contributed by atoms with van der Waals surface area (Å²) < 4.78 is 5.31. The Morgan fingerprint density at radius 1 is 1.08 bits per heavy atom. The summed E-state index contributed by atoms with van der Waals surface area (Å²) in [7, 11) is 0. The largest absolute Gasteiger partial charge is 0.488 e. The van der Waals surface area contributed by atoms with Crippen molar-refractivity contribution < 1.29 is 4.74 Å². The van der Waals surface area contributed by atoms with Crippen LogP contribution in [-0.4, -0.2) is 6.61 Å². The first-order chi connectivity index (χ1) is 6.20. The van der Waals surface area contributed by atoms with Gasteiger partial charge in [0.1, 0.15) is 16.8 Å². The highest BCUT2D eigenvalue weighted by Crippen LogP contribution is 2.19. The Labute approximate surface area is 91.9 Å². The van der Waals surface area contributed by atoms with E-state index in [1.807, 2.05) is 30.3 Å². The topological polar surface area (TPSA) is 9.23 Å². The van der Waals surface area contributed by atoms with Crippen molar-refractivity contribution in [2.45, 2.75) is 0 Å². The van der Waals surface area contributed by atoms with E-state index in [0.717, 1.165) is 5.75 Å². The quantitative estimate of drug-likeness (QED) is 0.773. The first kappa shape index (κ1) is 10.7. The van der Waals surface area contributed by atoms with Crippen LogP contribution >= 0.6 is 34.8 Å². The monoisotopic (exact) mass is 236 g/mol. The lowest BCUT2D eigenvalue weighted by Gasteiger charge is -2.04. The summed E-state index contributed by atoms with van der Waals surface area (Å²) in [5.41, 5.74) is 0. The zero-order valence-corrected chi connectivity index (χ0v) is 8.90. The Balaban J connectivity index is 2.49. The number of halogens is 3. The number of ether oxygens (including phenoxy) is 1. The van der Waals surface area contributed by atoms with Crippen LogP contribution in [0.3, 0.4) is 0 Å². The second-order valence-corrected chi connectivity index (χ2v) is 3.67. The summed E-state index contributed by atoms with van der Waals surface area (Å²) in [6, 6.07) is 9.29. The van der Waals surface area contributed by atoms with E-state index in [2.05, 4.69) is 0 Å². The molecule has 0 aromatic heterocycles. The molecule has 0 aliphatic carbocycles. The molecular weight excluding hydrogens is 230 g/mol. The molecule has 4 heteroatoms. The van der Waals surface area contributed by atoms with Crippen LogP contribution in [0.4, 0.5) is 0 Å². The molecule has 0 atom stereocenters. The van der Waals surface area contributed by atoms with Gasteiger partial charge in [0.25, 0.3) is 0 Å². The lowest BCUT2D eigenvalue weighted by atomic mass is 10.3. The van der Waals surface area contributed by atoms with Crippen molar-refractivity contribution in [2.24, 2.45) is 0 Å². The van der Waals surface area contributed by atoms with Crippen LogP contribution in [0.15, 0.2) is 39.9 Å². The van der Waals surface area contributed by atoms with Gasteiger partial charge in [0, 0.05) is 0 Å². The number of hydrogen-bond donors (Lipinski definition) is 0. The van der Waals surface area contributed by atoms with E-state index in [4.69, 9.17) is 39.5 Å². The van der Waals surface area contributed by atoms with Gasteiger partial charge in [-0.1, -0.05) is 53.0 Å². The Hall–Kier alpha value is -0.370. The summed E-state index contributed by atoms with van der Waals surface area (Å²) in [5, 5.41) is 0.298. The van der Waals surface area contributed by atoms with Crippen LogP contribution in [0.5, 0.6) is 5.75 Å². The van der Waals surface area contributed by atoms with Gasteiger partial charge in [-0.05, 0) is 12.1 Å². The molecule has 1 rings (SSSR count). The van der Waals surface area contributed by atoms with Crippen LogP contribution in [0, 0.1) is 0 Å². The molecule has 0 aliphatic heterocycles. The van der Waals surface area contributed by atoms with E-state index in [1.54, 1.807) is 0 Å². The molecule has 0 saturated heterocycles. The molecular formula is C9H7Cl3O. The van der Waals surface area contributed by atoms with Crippen molar-refractivity contribution in [2.75, 3.05) is 6.61 Å². The van der Waals surface area contributed by atoms with Gasteiger partial charge in [0.2, 0.25) is 0 Å². The molecule has 0 unspecified atom stereocenters. The fourth-order valence-corrected chi connectivity index (χ4v) is 0.882. The van der Waals surface area contributed by atoms with E-state index in [-0.39, 0.29) is 11.1 Å². The third-order valence-corrected chi connectivity index (χ3v) is 2.26. The Bertz CT molecular complexity index is 291. The summed E-state index contributed by atoms with van der Waals surface area (Å²) in [6.45, 7) is 0.188. The highest BCUT2D eigenvalue weighted by Gasteiger charge is 1.99. The standard InChI is InChI=1S/C9H7Cl3O/c10-8(9(11)12)6-13-7-4-2-1-3-5-7/h1-5H,6H2. The van der Waals surface area contributed by atoms with E-state index < -0.39 is 0 Å². The fourth-order valence-electron chi connectivity index (χ4n) is 0.718. The highest BCUT2D eigenvalue weighted by molar-refractivity contribution is 6.59. The molecule has 1 aromatic rings. The van der Waals surface area contributed by atoms with Crippen molar-refractivity contribution in [1.29, 1.82) is 0 Å². The maximum atomic E-state index is 5.66. The summed E-state index contributed by atoms with van der Waals surface area (Å²) >= 11 is 16.5. The third kappa shape index (κ3) is 3.90. The molecule has 0 amide bonds. The lowest BCUT2D eigenvalue weighted by molar-refractivity contribution is 0.359. The molecule has 0 saturated carbocycles. The highest BCUT2D eigenvalue weighted by atomic mass is 35.5. The third-order valence-electron chi connectivity index (χ3n) is 1.31. The van der Waals surface area contributed by atoms with Crippen molar-refractivity contribution in [3.8, 4) is 5.75 Å². The second kappa shape index (κ2) is 5.38. The molecule has 0 spiro atoms. The minimum Gasteiger partial charge on any atom is -0.488 e. The van der Waals surface area contributed by atoms with Gasteiger partial charge in [-0.3, -0.25) is 0 Å². The van der Waals surface area contributed by atoms with Crippen LogP contribution in [0.25, 0.3) is 0 Å². The van der Waals surface area contributed by atoms with Gasteiger partial charge >= 0.3 is 0 Å². The van der Waals surface area contributed by atoms with Crippen molar-refractivity contribution in [1.82, 2.24) is 0 Å². The minimum atomic E-state index is 0.0394. The molecule has 0 aliphatic rings. The average Bonchev–Trinajstić information content (AvgIpc) is 2.15. The predicted octanol–water partition coefficient (Wildman–Crippen LogP) is 3.95. The molecule has 70 valence electrons. The molecule has 1 nitrogen and oxygen atoms in total. The van der Waals surface area contributed by atoms with Crippen LogP contribution in [0.1, 0.15) is 0 Å². The van der Waals surface area contributed by atoms with Gasteiger partial charge in [0.15, 0.2) is 0 Å². The zero-order chi connectivity index (χ0) is 9.68. The molecule has 0 heterocycles. The Kier molecular flexibility index (Phi) is 4.43. The normalized spacial score (nSPS) is 9.46. The van der Waals surface area contributed by atoms with Crippen molar-refractivity contribution in [3.05, 3.63) is 39.9 Å². The van der Waals surface area contributed by atoms with Crippen LogP contribution in [-0.2, 0) is 0 Å². The Morgan fingerprint density at radius 2 is 1.69 bits per heavy atom. The molecule has 0 fully saturated rings. The van der Waals surface area contributed by atoms with E-state index in [1.165, 1.54) is 0 Å². The number of para-hydroxylation sites is 1. The average molecular weight is 238 g/mol. The van der Waals surface area contributed by atoms with Gasteiger partial charge in [0.05, 0.1) is 5.03 Å². The molecule has 0 N–H and O–H groups in total. The minimum absolute atomic E-state index is 0.0394. The maximum Gasteiger partial charge on any atom is 0.126 e. The van der Waals surface area contributed by atoms with Crippen LogP contribution < -0.4 is 4.74 Å². The molecule has 0 radical (unpaired) electrons. The van der Waals surface area contributed by atoms with E-state index in [9.17, 15) is 0 Å². The lowest BCUT2D eigenvalue weighted by Crippen LogP contribution is -1.97. The summed E-state index contributed by atoms with van der Waals surface area (Å²) in [6.07, 6.45) is 0. The van der Waals surface area contributed by atoms with Gasteiger partial charge < -0.3 is 4.74 Å². The Morgan fingerprint density at radius 3 is 2.23 bits per heavy atom. The number of benzene rings is 1. The summed E-state index contributed by atoms with van der Waals surface area (Å²) in [5.74, 6) is 0.732. The number of hydrogen-bond acceptors (Lipinski definition) is 1. The van der Waals surface area contributed by atoms with Gasteiger partial charge in [-0.25, -0.2) is 0 Å².